The summed E-state index contributed by atoms with van der Waals surface area (Å²) in [6.45, 7) is 4.06. The fourth-order valence-corrected chi connectivity index (χ4v) is 5.73. The fourth-order valence-electron chi connectivity index (χ4n) is 5.73. The van der Waals surface area contributed by atoms with Crippen molar-refractivity contribution in [3.8, 4) is 0 Å². The maximum absolute atomic E-state index is 13.0. The summed E-state index contributed by atoms with van der Waals surface area (Å²) in [7, 11) is 0. The van der Waals surface area contributed by atoms with E-state index in [0.717, 1.165) is 64.0 Å². The molecule has 1 amide bonds. The lowest BCUT2D eigenvalue weighted by Gasteiger charge is -2.29. The number of halogens is 3. The average Bonchev–Trinajstić information content (AvgIpc) is 3.58. The first-order valence-corrected chi connectivity index (χ1v) is 13.5. The Morgan fingerprint density at radius 2 is 1.77 bits per heavy atom. The number of carbonyl (C=O) groups is 1. The van der Waals surface area contributed by atoms with E-state index in [1.54, 1.807) is 12.3 Å². The van der Waals surface area contributed by atoms with Gasteiger partial charge in [-0.1, -0.05) is 37.1 Å². The Morgan fingerprint density at radius 3 is 2.50 bits per heavy atom. The lowest BCUT2D eigenvalue weighted by molar-refractivity contribution is -0.186. The molecule has 1 saturated carbocycles. The van der Waals surface area contributed by atoms with Crippen LogP contribution in [0.1, 0.15) is 54.0 Å². The zero-order valence-corrected chi connectivity index (χ0v) is 22.3. The van der Waals surface area contributed by atoms with Gasteiger partial charge in [0.1, 0.15) is 0 Å². The minimum atomic E-state index is -4.88. The third kappa shape index (κ3) is 4.96. The molecule has 2 aromatic heterocycles. The van der Waals surface area contributed by atoms with Crippen molar-refractivity contribution in [3.63, 3.8) is 0 Å². The number of benzene rings is 2. The summed E-state index contributed by atoms with van der Waals surface area (Å²) < 4.78 is 40.9. The number of fused-ring (bicyclic) bond motifs is 2. The summed E-state index contributed by atoms with van der Waals surface area (Å²) in [5, 5.41) is 12.5. The Bertz CT molecular complexity index is 1570. The van der Waals surface area contributed by atoms with Gasteiger partial charge in [0, 0.05) is 30.7 Å². The highest BCUT2D eigenvalue weighted by molar-refractivity contribution is 5.90. The largest absolute Gasteiger partial charge is 0.471 e. The van der Waals surface area contributed by atoms with E-state index in [0.29, 0.717) is 29.4 Å². The molecule has 4 aromatic rings. The number of anilines is 4. The van der Waals surface area contributed by atoms with Gasteiger partial charge in [0.2, 0.25) is 5.95 Å². The van der Waals surface area contributed by atoms with E-state index in [1.165, 1.54) is 0 Å². The summed E-state index contributed by atoms with van der Waals surface area (Å²) in [4.78, 5) is 22.0. The van der Waals surface area contributed by atoms with Gasteiger partial charge in [-0.05, 0) is 67.5 Å². The molecule has 208 valence electrons. The minimum absolute atomic E-state index is 0.0431. The highest BCUT2D eigenvalue weighted by Crippen LogP contribution is 2.36. The van der Waals surface area contributed by atoms with Crippen molar-refractivity contribution < 1.29 is 18.0 Å². The van der Waals surface area contributed by atoms with Crippen LogP contribution in [-0.4, -0.2) is 43.3 Å². The van der Waals surface area contributed by atoms with Crippen LogP contribution < -0.4 is 10.6 Å². The summed E-state index contributed by atoms with van der Waals surface area (Å²) >= 11 is 0. The number of hydrogen-bond donors (Lipinski definition) is 2. The summed E-state index contributed by atoms with van der Waals surface area (Å²) in [6, 6.07) is 11.9. The van der Waals surface area contributed by atoms with Crippen LogP contribution in [0.25, 0.3) is 11.0 Å². The summed E-state index contributed by atoms with van der Waals surface area (Å²) in [6.07, 6.45) is 1.59. The molecule has 0 bridgehead atoms. The number of aromatic nitrogens is 4. The number of nitrogens with zero attached hydrogens (tertiary/aromatic N) is 5. The Labute approximate surface area is 229 Å². The van der Waals surface area contributed by atoms with Crippen LogP contribution in [0.5, 0.6) is 0 Å². The zero-order chi connectivity index (χ0) is 28.0. The Morgan fingerprint density at radius 1 is 1.02 bits per heavy atom. The maximum Gasteiger partial charge on any atom is 0.471 e. The van der Waals surface area contributed by atoms with Crippen molar-refractivity contribution in [2.75, 3.05) is 17.2 Å². The molecule has 40 heavy (non-hydrogen) atoms. The van der Waals surface area contributed by atoms with E-state index in [1.807, 2.05) is 22.9 Å². The van der Waals surface area contributed by atoms with Gasteiger partial charge in [0.05, 0.1) is 11.4 Å². The molecule has 8 nitrogen and oxygen atoms in total. The van der Waals surface area contributed by atoms with Gasteiger partial charge in [-0.15, -0.1) is 0 Å². The molecule has 2 aliphatic rings. The van der Waals surface area contributed by atoms with Gasteiger partial charge in [-0.25, -0.2) is 9.67 Å². The molecular weight excluding hydrogens is 519 g/mol. The highest BCUT2D eigenvalue weighted by atomic mass is 19.4. The first-order valence-electron chi connectivity index (χ1n) is 13.5. The number of carbonyl (C=O) groups excluding carboxylic acids is 1. The number of para-hydroxylation sites is 1. The van der Waals surface area contributed by atoms with Crippen LogP contribution in [0.3, 0.4) is 0 Å². The smallest absolute Gasteiger partial charge is 0.338 e. The molecule has 6 rings (SSSR count). The van der Waals surface area contributed by atoms with Crippen molar-refractivity contribution in [1.29, 1.82) is 0 Å². The van der Waals surface area contributed by atoms with Crippen molar-refractivity contribution in [1.82, 2.24) is 24.6 Å². The lowest BCUT2D eigenvalue weighted by atomic mass is 9.99. The average molecular weight is 550 g/mol. The zero-order valence-electron chi connectivity index (χ0n) is 22.3. The first kappa shape index (κ1) is 26.1. The topological polar surface area (TPSA) is 88.0 Å². The molecule has 0 radical (unpaired) electrons. The second-order valence-electron chi connectivity index (χ2n) is 10.6. The molecule has 2 aromatic carbocycles. The molecule has 0 atom stereocenters. The predicted molar refractivity (Wildman–Crippen MR) is 147 cm³/mol. The number of aryl methyl sites for hydroxylation is 2. The van der Waals surface area contributed by atoms with Crippen molar-refractivity contribution in [2.24, 2.45) is 0 Å². The monoisotopic (exact) mass is 549 g/mol. The number of hydrogen-bond acceptors (Lipinski definition) is 6. The van der Waals surface area contributed by atoms with Crippen molar-refractivity contribution in [2.45, 2.75) is 64.7 Å². The first-order chi connectivity index (χ1) is 19.2. The molecular formula is C29H30F3N7O. The molecule has 0 saturated heterocycles. The summed E-state index contributed by atoms with van der Waals surface area (Å²) in [5.41, 5.74) is 6.20. The fraction of sp³-hybridized carbons (Fsp3) is 0.379. The molecule has 11 heteroatoms. The standard InChI is InChI=1S/C29H30F3N7O/c1-17-6-5-7-18(2)24(17)35-25-23-15-33-28(36-26(23)39(37-25)22-8-3-4-9-22)34-21-11-10-19-12-13-38(16-20(19)14-21)27(40)29(30,31)32/h5-7,10-11,14-15,22H,3-4,8-9,12-13,16H2,1-2H3,(H,35,37)(H,33,34,36). The minimum Gasteiger partial charge on any atom is -0.338 e. The van der Waals surface area contributed by atoms with Gasteiger partial charge in [0.25, 0.3) is 0 Å². The van der Waals surface area contributed by atoms with Crippen LogP contribution in [0.4, 0.5) is 36.3 Å². The second-order valence-corrected chi connectivity index (χ2v) is 10.6. The summed E-state index contributed by atoms with van der Waals surface area (Å²) in [5.74, 6) is -0.742. The van der Waals surface area contributed by atoms with E-state index in [4.69, 9.17) is 10.1 Å². The Balaban J connectivity index is 1.31. The lowest BCUT2D eigenvalue weighted by Crippen LogP contribution is -2.43. The van der Waals surface area contributed by atoms with E-state index in [9.17, 15) is 18.0 Å². The normalized spacial score (nSPS) is 15.9. The molecule has 1 fully saturated rings. The Kier molecular flexibility index (Phi) is 6.59. The van der Waals surface area contributed by atoms with E-state index >= 15 is 0 Å². The molecule has 1 aliphatic carbocycles. The molecule has 0 unspecified atom stereocenters. The van der Waals surface area contributed by atoms with Crippen LogP contribution in [0.2, 0.25) is 0 Å². The molecule has 0 spiro atoms. The number of nitrogens with one attached hydrogen (secondary N) is 2. The quantitative estimate of drug-likeness (QED) is 0.296. The van der Waals surface area contributed by atoms with Gasteiger partial charge in [-0.3, -0.25) is 4.79 Å². The van der Waals surface area contributed by atoms with Gasteiger partial charge in [0.15, 0.2) is 11.5 Å². The van der Waals surface area contributed by atoms with Crippen LogP contribution in [0.15, 0.2) is 42.6 Å². The third-order valence-electron chi connectivity index (χ3n) is 7.85. The molecule has 2 N–H and O–H groups in total. The van der Waals surface area contributed by atoms with E-state index < -0.39 is 12.1 Å². The molecule has 3 heterocycles. The van der Waals surface area contributed by atoms with Crippen LogP contribution in [-0.2, 0) is 17.8 Å². The van der Waals surface area contributed by atoms with Crippen LogP contribution >= 0.6 is 0 Å². The predicted octanol–water partition coefficient (Wildman–Crippen LogP) is 6.49. The highest BCUT2D eigenvalue weighted by Gasteiger charge is 2.43. The van der Waals surface area contributed by atoms with Crippen molar-refractivity contribution in [3.05, 3.63) is 64.8 Å². The van der Waals surface area contributed by atoms with E-state index in [-0.39, 0.29) is 19.1 Å². The second kappa shape index (κ2) is 10.1. The third-order valence-corrected chi connectivity index (χ3v) is 7.85. The van der Waals surface area contributed by atoms with E-state index in [2.05, 4.69) is 41.6 Å². The van der Waals surface area contributed by atoms with Crippen LogP contribution in [0, 0.1) is 13.8 Å². The van der Waals surface area contributed by atoms with Gasteiger partial charge < -0.3 is 15.5 Å². The Hall–Kier alpha value is -4.15. The molecule has 1 aliphatic heterocycles. The maximum atomic E-state index is 13.0. The SMILES string of the molecule is Cc1cccc(C)c1Nc1nn(C2CCCC2)c2nc(Nc3ccc4c(c3)CN(C(=O)C(F)(F)F)CC4)ncc12. The number of amides is 1. The number of rotatable bonds is 5. The number of alkyl halides is 3. The van der Waals surface area contributed by atoms with Gasteiger partial charge >= 0.3 is 12.1 Å². The van der Waals surface area contributed by atoms with Gasteiger partial charge in [-0.2, -0.15) is 23.3 Å². The van der Waals surface area contributed by atoms with Crippen molar-refractivity contribution >= 4 is 40.1 Å².